The molecule has 2 aromatic carbocycles. The zero-order chi connectivity index (χ0) is 23.6. The summed E-state index contributed by atoms with van der Waals surface area (Å²) in [6.45, 7) is 1.33. The van der Waals surface area contributed by atoms with E-state index in [1.165, 1.54) is 0 Å². The van der Waals surface area contributed by atoms with E-state index in [0.717, 1.165) is 28.9 Å². The van der Waals surface area contributed by atoms with Crippen molar-refractivity contribution in [1.29, 1.82) is 0 Å². The minimum Gasteiger partial charge on any atom is -0.497 e. The Balaban J connectivity index is 1.49. The average molecular weight is 450 g/mol. The summed E-state index contributed by atoms with van der Waals surface area (Å²) in [6, 6.07) is 16.0. The van der Waals surface area contributed by atoms with E-state index in [4.69, 9.17) is 10.5 Å². The third-order valence-electron chi connectivity index (χ3n) is 7.02. The molecule has 2 heterocycles. The van der Waals surface area contributed by atoms with Gasteiger partial charge in [0.05, 0.1) is 18.4 Å². The van der Waals surface area contributed by atoms with Gasteiger partial charge in [-0.15, -0.1) is 0 Å². The molecule has 3 amide bonds. The lowest BCUT2D eigenvalue weighted by Crippen LogP contribution is -2.54. The highest BCUT2D eigenvalue weighted by Gasteiger charge is 2.44. The molecule has 0 aliphatic carbocycles. The number of hydrogen-bond donors (Lipinski definition) is 1. The predicted molar refractivity (Wildman–Crippen MR) is 125 cm³/mol. The van der Waals surface area contributed by atoms with E-state index in [9.17, 15) is 14.4 Å². The van der Waals surface area contributed by atoms with Crippen molar-refractivity contribution in [1.82, 2.24) is 9.80 Å². The van der Waals surface area contributed by atoms with Crippen LogP contribution in [0.4, 0.5) is 0 Å². The first-order valence-corrected chi connectivity index (χ1v) is 11.4. The van der Waals surface area contributed by atoms with Crippen molar-refractivity contribution >= 4 is 17.7 Å². The topological polar surface area (TPSA) is 92.9 Å². The summed E-state index contributed by atoms with van der Waals surface area (Å²) in [5, 5.41) is 0. The normalized spacial score (nSPS) is 23.0. The molecule has 2 atom stereocenters. The van der Waals surface area contributed by atoms with E-state index in [0.29, 0.717) is 32.5 Å². The highest BCUT2D eigenvalue weighted by molar-refractivity contribution is 5.90. The van der Waals surface area contributed by atoms with Gasteiger partial charge < -0.3 is 20.3 Å². The van der Waals surface area contributed by atoms with Crippen LogP contribution in [-0.4, -0.2) is 61.3 Å². The molecule has 4 rings (SSSR count). The minimum absolute atomic E-state index is 0.0107. The van der Waals surface area contributed by atoms with Crippen LogP contribution in [0, 0.1) is 11.3 Å². The van der Waals surface area contributed by atoms with Gasteiger partial charge in [0.25, 0.3) is 0 Å². The number of piperidine rings is 1. The smallest absolute Gasteiger partial charge is 0.228 e. The molecular formula is C26H31N3O4. The Kier molecular flexibility index (Phi) is 6.40. The van der Waals surface area contributed by atoms with Crippen LogP contribution in [0.15, 0.2) is 48.5 Å². The number of rotatable bonds is 6. The molecule has 2 aliphatic rings. The van der Waals surface area contributed by atoms with Crippen LogP contribution in [-0.2, 0) is 20.8 Å². The standard InChI is InChI=1S/C26H31N3O4/c1-28-16-21(14-23(28)30)24(31)29-13-3-12-26(17-29,25(27)32)15-18-4-6-19(7-5-18)20-8-10-22(33-2)11-9-20/h4-11,21H,3,12-17H2,1-2H3,(H2,27,32)/t21-,26-/m0/s1. The summed E-state index contributed by atoms with van der Waals surface area (Å²) in [7, 11) is 3.36. The van der Waals surface area contributed by atoms with Crippen molar-refractivity contribution in [2.24, 2.45) is 17.1 Å². The number of nitrogens with two attached hydrogens (primary N) is 1. The third-order valence-corrected chi connectivity index (χ3v) is 7.02. The molecule has 2 aromatic rings. The number of methoxy groups -OCH3 is 1. The van der Waals surface area contributed by atoms with Crippen LogP contribution in [0.1, 0.15) is 24.8 Å². The van der Waals surface area contributed by atoms with Crippen LogP contribution < -0.4 is 10.5 Å². The SMILES string of the molecule is COc1ccc(-c2ccc(C[C@@]3(C(N)=O)CCCN(C(=O)[C@H]4CC(=O)N(C)C4)C3)cc2)cc1. The number of carbonyl (C=O) groups is 3. The maximum atomic E-state index is 13.1. The molecule has 0 unspecified atom stereocenters. The number of nitrogens with zero attached hydrogens (tertiary/aromatic N) is 2. The summed E-state index contributed by atoms with van der Waals surface area (Å²) in [4.78, 5) is 40.9. The molecule has 7 heteroatoms. The van der Waals surface area contributed by atoms with Crippen LogP contribution >= 0.6 is 0 Å². The fourth-order valence-corrected chi connectivity index (χ4v) is 5.03. The van der Waals surface area contributed by atoms with Gasteiger partial charge in [0.2, 0.25) is 17.7 Å². The Labute approximate surface area is 194 Å². The van der Waals surface area contributed by atoms with Gasteiger partial charge in [-0.05, 0) is 48.1 Å². The summed E-state index contributed by atoms with van der Waals surface area (Å²) >= 11 is 0. The molecule has 0 spiro atoms. The highest BCUT2D eigenvalue weighted by atomic mass is 16.5. The Hall–Kier alpha value is -3.35. The van der Waals surface area contributed by atoms with E-state index in [2.05, 4.69) is 0 Å². The van der Waals surface area contributed by atoms with Crippen LogP contribution in [0.25, 0.3) is 11.1 Å². The second-order valence-corrected chi connectivity index (χ2v) is 9.29. The maximum Gasteiger partial charge on any atom is 0.228 e. The van der Waals surface area contributed by atoms with E-state index >= 15 is 0 Å². The molecule has 2 aliphatic heterocycles. The zero-order valence-electron chi connectivity index (χ0n) is 19.3. The number of likely N-dealkylation sites (tertiary alicyclic amines) is 2. The first-order valence-electron chi connectivity index (χ1n) is 11.4. The van der Waals surface area contributed by atoms with Gasteiger partial charge in [-0.3, -0.25) is 14.4 Å². The first-order chi connectivity index (χ1) is 15.8. The maximum absolute atomic E-state index is 13.1. The van der Waals surface area contributed by atoms with Crippen molar-refractivity contribution in [3.05, 3.63) is 54.1 Å². The fraction of sp³-hybridized carbons (Fsp3) is 0.423. The Bertz CT molecular complexity index is 1030. The molecule has 174 valence electrons. The zero-order valence-corrected chi connectivity index (χ0v) is 19.3. The van der Waals surface area contributed by atoms with Gasteiger partial charge >= 0.3 is 0 Å². The molecule has 2 saturated heterocycles. The second-order valence-electron chi connectivity index (χ2n) is 9.29. The molecule has 0 aromatic heterocycles. The van der Waals surface area contributed by atoms with Gasteiger partial charge in [0.15, 0.2) is 0 Å². The van der Waals surface area contributed by atoms with Gasteiger partial charge in [-0.25, -0.2) is 0 Å². The Morgan fingerprint density at radius 1 is 1.09 bits per heavy atom. The van der Waals surface area contributed by atoms with E-state index in [1.807, 2.05) is 48.5 Å². The molecular weight excluding hydrogens is 418 g/mol. The van der Waals surface area contributed by atoms with Gasteiger partial charge in [0, 0.05) is 33.1 Å². The van der Waals surface area contributed by atoms with Crippen molar-refractivity contribution in [2.45, 2.75) is 25.7 Å². The molecule has 2 N–H and O–H groups in total. The summed E-state index contributed by atoms with van der Waals surface area (Å²) < 4.78 is 5.22. The summed E-state index contributed by atoms with van der Waals surface area (Å²) in [5.74, 6) is 0.0361. The van der Waals surface area contributed by atoms with E-state index in [1.54, 1.807) is 24.0 Å². The van der Waals surface area contributed by atoms with Gasteiger partial charge in [-0.2, -0.15) is 0 Å². The quantitative estimate of drug-likeness (QED) is 0.733. The van der Waals surface area contributed by atoms with Crippen LogP contribution in [0.3, 0.4) is 0 Å². The lowest BCUT2D eigenvalue weighted by molar-refractivity contribution is -0.143. The number of benzene rings is 2. The van der Waals surface area contributed by atoms with Crippen LogP contribution in [0.2, 0.25) is 0 Å². The molecule has 0 bridgehead atoms. The lowest BCUT2D eigenvalue weighted by atomic mass is 9.74. The van der Waals surface area contributed by atoms with Gasteiger partial charge in [0.1, 0.15) is 5.75 Å². The molecule has 7 nitrogen and oxygen atoms in total. The lowest BCUT2D eigenvalue weighted by Gasteiger charge is -2.41. The Morgan fingerprint density at radius 3 is 2.27 bits per heavy atom. The summed E-state index contributed by atoms with van der Waals surface area (Å²) in [6.07, 6.45) is 2.09. The van der Waals surface area contributed by atoms with Crippen molar-refractivity contribution in [2.75, 3.05) is 33.8 Å². The summed E-state index contributed by atoms with van der Waals surface area (Å²) in [5.41, 5.74) is 8.27. The highest BCUT2D eigenvalue weighted by Crippen LogP contribution is 2.35. The molecule has 2 fully saturated rings. The number of hydrogen-bond acceptors (Lipinski definition) is 4. The third kappa shape index (κ3) is 4.72. The van der Waals surface area contributed by atoms with Crippen molar-refractivity contribution in [3.8, 4) is 16.9 Å². The molecule has 0 radical (unpaired) electrons. The second kappa shape index (κ2) is 9.25. The fourth-order valence-electron chi connectivity index (χ4n) is 5.03. The number of amides is 3. The van der Waals surface area contributed by atoms with Gasteiger partial charge in [-0.1, -0.05) is 36.4 Å². The predicted octanol–water partition coefficient (Wildman–Crippen LogP) is 2.48. The number of carbonyl (C=O) groups excluding carboxylic acids is 3. The largest absolute Gasteiger partial charge is 0.497 e. The van der Waals surface area contributed by atoms with Crippen LogP contribution in [0.5, 0.6) is 5.75 Å². The van der Waals surface area contributed by atoms with E-state index in [-0.39, 0.29) is 30.1 Å². The monoisotopic (exact) mass is 449 g/mol. The van der Waals surface area contributed by atoms with E-state index < -0.39 is 5.41 Å². The van der Waals surface area contributed by atoms with Crippen molar-refractivity contribution in [3.63, 3.8) is 0 Å². The minimum atomic E-state index is -0.802. The Morgan fingerprint density at radius 2 is 1.73 bits per heavy atom. The number of primary amides is 1. The molecule has 33 heavy (non-hydrogen) atoms. The first kappa shape index (κ1) is 22.8. The number of ether oxygens (including phenoxy) is 1. The van der Waals surface area contributed by atoms with Crippen molar-refractivity contribution < 1.29 is 19.1 Å². The average Bonchev–Trinajstić information content (AvgIpc) is 3.17. The molecule has 0 saturated carbocycles.